The van der Waals surface area contributed by atoms with Gasteiger partial charge in [-0.2, -0.15) is 0 Å². The molecule has 0 aromatic carbocycles. The Morgan fingerprint density at radius 1 is 1.43 bits per heavy atom. The number of carbonyl (C=O) groups is 2. The number of hydrogen-bond acceptors (Lipinski definition) is 3. The third-order valence-corrected chi connectivity index (χ3v) is 2.83. The average molecular weight is 193 g/mol. The molecule has 0 saturated carbocycles. The molecule has 1 aliphatic heterocycles. The lowest BCUT2D eigenvalue weighted by Crippen LogP contribution is -2.34. The zero-order valence-corrected chi connectivity index (χ0v) is 7.56. The molecule has 2 aliphatic rings. The predicted molar refractivity (Wildman–Crippen MR) is 49.1 cm³/mol. The van der Waals surface area contributed by atoms with Crippen LogP contribution in [0.2, 0.25) is 0 Å². The fourth-order valence-corrected chi connectivity index (χ4v) is 2.06. The van der Waals surface area contributed by atoms with Crippen LogP contribution in [0.4, 0.5) is 0 Å². The Balaban J connectivity index is 2.42. The van der Waals surface area contributed by atoms with Crippen molar-refractivity contribution in [3.8, 4) is 0 Å². The van der Waals surface area contributed by atoms with Crippen molar-refractivity contribution in [2.45, 2.75) is 6.42 Å². The Morgan fingerprint density at radius 2 is 2.21 bits per heavy atom. The summed E-state index contributed by atoms with van der Waals surface area (Å²) >= 11 is 0. The summed E-state index contributed by atoms with van der Waals surface area (Å²) < 4.78 is 0. The lowest BCUT2D eigenvalue weighted by Gasteiger charge is -2.27. The highest BCUT2D eigenvalue weighted by molar-refractivity contribution is 6.09. The first-order valence-electron chi connectivity index (χ1n) is 4.53. The number of allylic oxidation sites excluding steroid dienone is 2. The molecular formula is C10H11NO3. The van der Waals surface area contributed by atoms with Crippen LogP contribution in [0, 0.1) is 11.3 Å². The molecule has 74 valence electrons. The van der Waals surface area contributed by atoms with Crippen molar-refractivity contribution in [2.24, 2.45) is 11.3 Å². The van der Waals surface area contributed by atoms with Gasteiger partial charge in [0.25, 0.3) is 0 Å². The molecule has 2 N–H and O–H groups in total. The van der Waals surface area contributed by atoms with Gasteiger partial charge in [-0.15, -0.1) is 0 Å². The van der Waals surface area contributed by atoms with Crippen LogP contribution < -0.4 is 5.32 Å². The van der Waals surface area contributed by atoms with Gasteiger partial charge < -0.3 is 5.11 Å². The molecular weight excluding hydrogens is 182 g/mol. The molecule has 4 nitrogen and oxygen atoms in total. The fourth-order valence-electron chi connectivity index (χ4n) is 2.06. The minimum atomic E-state index is -0.847. The van der Waals surface area contributed by atoms with Crippen LogP contribution in [0.1, 0.15) is 6.42 Å². The number of aliphatic hydroxyl groups is 1. The Hall–Kier alpha value is -1.42. The van der Waals surface area contributed by atoms with Gasteiger partial charge in [0, 0.05) is 6.61 Å². The van der Waals surface area contributed by atoms with Crippen molar-refractivity contribution in [1.29, 1.82) is 0 Å². The molecule has 2 amide bonds. The Kier molecular flexibility index (Phi) is 2.00. The summed E-state index contributed by atoms with van der Waals surface area (Å²) in [6.07, 6.45) is 7.18. The second-order valence-corrected chi connectivity index (χ2v) is 3.55. The lowest BCUT2D eigenvalue weighted by molar-refractivity contribution is -0.127. The van der Waals surface area contributed by atoms with Gasteiger partial charge in [-0.1, -0.05) is 24.3 Å². The minimum Gasteiger partial charge on any atom is -0.396 e. The van der Waals surface area contributed by atoms with Crippen LogP contribution in [-0.2, 0) is 9.59 Å². The number of nitrogens with one attached hydrogen (secondary N) is 1. The molecule has 1 aliphatic carbocycles. The van der Waals surface area contributed by atoms with Crippen molar-refractivity contribution >= 4 is 11.8 Å². The van der Waals surface area contributed by atoms with Crippen molar-refractivity contribution in [2.75, 3.05) is 6.61 Å². The molecule has 0 aromatic heterocycles. The summed E-state index contributed by atoms with van der Waals surface area (Å²) in [6.45, 7) is -0.102. The lowest BCUT2D eigenvalue weighted by atomic mass is 9.72. The zero-order chi connectivity index (χ0) is 10.2. The van der Waals surface area contributed by atoms with Crippen molar-refractivity contribution in [1.82, 2.24) is 5.32 Å². The summed E-state index contributed by atoms with van der Waals surface area (Å²) in [5, 5.41) is 11.2. The van der Waals surface area contributed by atoms with Gasteiger partial charge >= 0.3 is 0 Å². The molecule has 2 atom stereocenters. The van der Waals surface area contributed by atoms with E-state index in [1.807, 2.05) is 0 Å². The standard InChI is InChI=1S/C10H11NO3/c12-6-5-10-4-2-1-3-7(10)8(13)11-9(10)14/h1-4,7,12H,5-6H2,(H,11,13,14). The molecule has 0 radical (unpaired) electrons. The third kappa shape index (κ3) is 1.04. The number of carbonyl (C=O) groups excluding carboxylic acids is 2. The van der Waals surface area contributed by atoms with Crippen LogP contribution in [-0.4, -0.2) is 23.5 Å². The number of amides is 2. The molecule has 2 rings (SSSR count). The van der Waals surface area contributed by atoms with Gasteiger partial charge in [0.05, 0.1) is 11.3 Å². The van der Waals surface area contributed by atoms with Gasteiger partial charge in [0.2, 0.25) is 11.8 Å². The van der Waals surface area contributed by atoms with E-state index < -0.39 is 11.3 Å². The molecule has 1 heterocycles. The van der Waals surface area contributed by atoms with E-state index in [0.29, 0.717) is 0 Å². The maximum absolute atomic E-state index is 11.6. The maximum atomic E-state index is 11.6. The molecule has 4 heteroatoms. The van der Waals surface area contributed by atoms with E-state index in [1.54, 1.807) is 24.3 Å². The summed E-state index contributed by atoms with van der Waals surface area (Å²) in [7, 11) is 0. The van der Waals surface area contributed by atoms with Gasteiger partial charge in [-0.05, 0) is 6.42 Å². The minimum absolute atomic E-state index is 0.102. The van der Waals surface area contributed by atoms with Gasteiger partial charge in [0.15, 0.2) is 0 Å². The maximum Gasteiger partial charge on any atom is 0.237 e. The van der Waals surface area contributed by atoms with Crippen LogP contribution in [0.3, 0.4) is 0 Å². The van der Waals surface area contributed by atoms with E-state index in [-0.39, 0.29) is 24.8 Å². The molecule has 2 unspecified atom stereocenters. The largest absolute Gasteiger partial charge is 0.396 e. The summed E-state index contributed by atoms with van der Waals surface area (Å²) in [5.74, 6) is -1.03. The highest BCUT2D eigenvalue weighted by atomic mass is 16.3. The normalized spacial score (nSPS) is 34.5. The van der Waals surface area contributed by atoms with Crippen LogP contribution >= 0.6 is 0 Å². The molecule has 14 heavy (non-hydrogen) atoms. The monoisotopic (exact) mass is 193 g/mol. The van der Waals surface area contributed by atoms with E-state index in [4.69, 9.17) is 5.11 Å². The first kappa shape index (κ1) is 9.15. The summed E-state index contributed by atoms with van der Waals surface area (Å²) in [5.41, 5.74) is -0.847. The van der Waals surface area contributed by atoms with Crippen LogP contribution in [0.25, 0.3) is 0 Å². The first-order valence-corrected chi connectivity index (χ1v) is 4.53. The van der Waals surface area contributed by atoms with E-state index >= 15 is 0 Å². The Bertz CT molecular complexity index is 345. The highest BCUT2D eigenvalue weighted by Gasteiger charge is 2.52. The molecule has 1 saturated heterocycles. The second-order valence-electron chi connectivity index (χ2n) is 3.55. The van der Waals surface area contributed by atoms with Gasteiger partial charge in [-0.3, -0.25) is 14.9 Å². The zero-order valence-electron chi connectivity index (χ0n) is 7.56. The van der Waals surface area contributed by atoms with Crippen LogP contribution in [0.5, 0.6) is 0 Å². The van der Waals surface area contributed by atoms with E-state index in [9.17, 15) is 9.59 Å². The van der Waals surface area contributed by atoms with E-state index in [1.165, 1.54) is 0 Å². The quantitative estimate of drug-likeness (QED) is 0.594. The van der Waals surface area contributed by atoms with Crippen molar-refractivity contribution in [3.63, 3.8) is 0 Å². The smallest absolute Gasteiger partial charge is 0.237 e. The number of aliphatic hydroxyl groups excluding tert-OH is 1. The molecule has 0 bridgehead atoms. The number of imide groups is 1. The molecule has 0 spiro atoms. The topological polar surface area (TPSA) is 66.4 Å². The Labute approximate surface area is 81.3 Å². The number of rotatable bonds is 2. The van der Waals surface area contributed by atoms with Crippen molar-refractivity contribution in [3.05, 3.63) is 24.3 Å². The molecule has 1 fully saturated rings. The second kappa shape index (κ2) is 3.06. The van der Waals surface area contributed by atoms with Crippen LogP contribution in [0.15, 0.2) is 24.3 Å². The number of fused-ring (bicyclic) bond motifs is 1. The number of hydrogen-bond donors (Lipinski definition) is 2. The van der Waals surface area contributed by atoms with Crippen molar-refractivity contribution < 1.29 is 14.7 Å². The predicted octanol–water partition coefficient (Wildman–Crippen LogP) is -0.246. The summed E-state index contributed by atoms with van der Waals surface area (Å²) in [4.78, 5) is 23.0. The summed E-state index contributed by atoms with van der Waals surface area (Å²) in [6, 6.07) is 0. The van der Waals surface area contributed by atoms with E-state index in [2.05, 4.69) is 5.32 Å². The fraction of sp³-hybridized carbons (Fsp3) is 0.400. The van der Waals surface area contributed by atoms with E-state index in [0.717, 1.165) is 0 Å². The Morgan fingerprint density at radius 3 is 2.93 bits per heavy atom. The first-order chi connectivity index (χ1) is 6.70. The molecule has 0 aromatic rings. The SMILES string of the molecule is O=C1NC(=O)C2(CCO)C=CC=CC12. The average Bonchev–Trinajstić information content (AvgIpc) is 2.41. The highest BCUT2D eigenvalue weighted by Crippen LogP contribution is 2.41. The van der Waals surface area contributed by atoms with Gasteiger partial charge in [-0.25, -0.2) is 0 Å². The third-order valence-electron chi connectivity index (χ3n) is 2.83. The van der Waals surface area contributed by atoms with Gasteiger partial charge in [0.1, 0.15) is 0 Å².